The van der Waals surface area contributed by atoms with Gasteiger partial charge in [0.2, 0.25) is 0 Å². The first-order valence-electron chi connectivity index (χ1n) is 11.0. The van der Waals surface area contributed by atoms with Crippen LogP contribution < -0.4 is 5.73 Å². The summed E-state index contributed by atoms with van der Waals surface area (Å²) >= 11 is 3.44. The molecule has 1 saturated carbocycles. The summed E-state index contributed by atoms with van der Waals surface area (Å²) in [7, 11) is 0. The smallest absolute Gasteiger partial charge is 0.196 e. The van der Waals surface area contributed by atoms with Crippen LogP contribution in [0.2, 0.25) is 0 Å². The third-order valence-electron chi connectivity index (χ3n) is 6.08. The lowest BCUT2D eigenvalue weighted by molar-refractivity contribution is 0.713. The molecule has 0 saturated heterocycles. The van der Waals surface area contributed by atoms with Gasteiger partial charge in [0.25, 0.3) is 0 Å². The molecule has 158 valence electrons. The third-order valence-corrected chi connectivity index (χ3v) is 8.20. The predicted octanol–water partition coefficient (Wildman–Crippen LogP) is 5.29. The van der Waals surface area contributed by atoms with Gasteiger partial charge in [-0.3, -0.25) is 4.57 Å². The minimum atomic E-state index is 0.520. The fourth-order valence-electron chi connectivity index (χ4n) is 4.40. The highest BCUT2D eigenvalue weighted by atomic mass is 32.2. The van der Waals surface area contributed by atoms with Gasteiger partial charge >= 0.3 is 0 Å². The largest absolute Gasteiger partial charge is 0.383 e. The monoisotopic (exact) mass is 448 g/mol. The van der Waals surface area contributed by atoms with Crippen molar-refractivity contribution in [3.63, 3.8) is 0 Å². The van der Waals surface area contributed by atoms with Gasteiger partial charge in [0.1, 0.15) is 22.3 Å². The number of aromatic nitrogens is 5. The van der Waals surface area contributed by atoms with Gasteiger partial charge < -0.3 is 5.73 Å². The molecule has 0 radical (unpaired) electrons. The van der Waals surface area contributed by atoms with E-state index < -0.39 is 0 Å². The van der Waals surface area contributed by atoms with E-state index >= 15 is 0 Å². The van der Waals surface area contributed by atoms with Crippen LogP contribution in [0.4, 0.5) is 5.82 Å². The number of nitrogens with two attached hydrogens (primary N) is 1. The molecule has 0 amide bonds. The fourth-order valence-corrected chi connectivity index (χ4v) is 6.50. The van der Waals surface area contributed by atoms with Crippen LogP contribution in [0.15, 0.2) is 35.5 Å². The Labute approximate surface area is 189 Å². The van der Waals surface area contributed by atoms with E-state index in [9.17, 15) is 0 Å². The molecule has 2 aliphatic rings. The molecule has 1 aromatic carbocycles. The highest BCUT2D eigenvalue weighted by molar-refractivity contribution is 7.98. The maximum absolute atomic E-state index is 6.43. The van der Waals surface area contributed by atoms with Crippen molar-refractivity contribution < 1.29 is 0 Å². The normalized spacial score (nSPS) is 16.4. The lowest BCUT2D eigenvalue weighted by atomic mass is 10.1. The maximum atomic E-state index is 6.43. The zero-order valence-electron chi connectivity index (χ0n) is 17.3. The molecule has 2 aliphatic carbocycles. The molecule has 0 bridgehead atoms. The average molecular weight is 449 g/mol. The quantitative estimate of drug-likeness (QED) is 0.330. The highest BCUT2D eigenvalue weighted by Gasteiger charge is 2.31. The van der Waals surface area contributed by atoms with Crippen LogP contribution in [0, 0.1) is 0 Å². The van der Waals surface area contributed by atoms with Crippen molar-refractivity contribution in [2.45, 2.75) is 61.8 Å². The molecule has 0 spiro atoms. The van der Waals surface area contributed by atoms with Gasteiger partial charge in [-0.15, -0.1) is 21.5 Å². The Morgan fingerprint density at radius 2 is 1.87 bits per heavy atom. The first-order chi connectivity index (χ1) is 15.3. The SMILES string of the molecule is Nc1nc(CSc2nnc(C3CC3)n2-c2ccccc2)nc2sc3c(c12)CCCCC3. The standard InChI is InChI=1S/C23H24N6S2/c24-20-19-16-9-5-2-6-10-17(16)31-22(19)26-18(25-20)13-30-23-28-27-21(14-11-12-14)29(23)15-7-3-1-4-8-15/h1,3-4,7-8,14H,2,5-6,9-13H2,(H2,24,25,26). The molecule has 0 atom stereocenters. The van der Waals surface area contributed by atoms with Crippen LogP contribution in [-0.2, 0) is 18.6 Å². The van der Waals surface area contributed by atoms with Crippen molar-refractivity contribution in [3.8, 4) is 5.69 Å². The van der Waals surface area contributed by atoms with Crippen LogP contribution in [0.25, 0.3) is 15.9 Å². The molecule has 8 heteroatoms. The van der Waals surface area contributed by atoms with Crippen molar-refractivity contribution >= 4 is 39.1 Å². The van der Waals surface area contributed by atoms with E-state index in [-0.39, 0.29) is 0 Å². The number of benzene rings is 1. The van der Waals surface area contributed by atoms with E-state index in [1.54, 1.807) is 23.1 Å². The van der Waals surface area contributed by atoms with Crippen LogP contribution >= 0.6 is 23.1 Å². The number of anilines is 1. The maximum Gasteiger partial charge on any atom is 0.196 e. The number of nitrogens with zero attached hydrogens (tertiary/aromatic N) is 5. The molecule has 0 unspecified atom stereocenters. The predicted molar refractivity (Wildman–Crippen MR) is 126 cm³/mol. The zero-order chi connectivity index (χ0) is 20.8. The Kier molecular flexibility index (Phi) is 4.91. The summed E-state index contributed by atoms with van der Waals surface area (Å²) in [6, 6.07) is 10.4. The molecule has 3 heterocycles. The minimum absolute atomic E-state index is 0.520. The van der Waals surface area contributed by atoms with Gasteiger partial charge in [0.15, 0.2) is 5.16 Å². The molecular formula is C23H24N6S2. The molecule has 6 rings (SSSR count). The van der Waals surface area contributed by atoms with E-state index in [0.29, 0.717) is 17.5 Å². The summed E-state index contributed by atoms with van der Waals surface area (Å²) in [6.45, 7) is 0. The van der Waals surface area contributed by atoms with E-state index in [1.807, 2.05) is 6.07 Å². The van der Waals surface area contributed by atoms with Crippen molar-refractivity contribution in [2.24, 2.45) is 0 Å². The van der Waals surface area contributed by atoms with Crippen LogP contribution in [0.5, 0.6) is 0 Å². The first-order valence-corrected chi connectivity index (χ1v) is 12.8. The summed E-state index contributed by atoms with van der Waals surface area (Å²) in [4.78, 5) is 12.1. The van der Waals surface area contributed by atoms with Gasteiger partial charge in [-0.2, -0.15) is 0 Å². The van der Waals surface area contributed by atoms with E-state index in [4.69, 9.17) is 10.7 Å². The molecular weight excluding hydrogens is 424 g/mol. The van der Waals surface area contributed by atoms with Gasteiger partial charge in [0.05, 0.1) is 11.1 Å². The lowest BCUT2D eigenvalue weighted by Crippen LogP contribution is -2.03. The lowest BCUT2D eigenvalue weighted by Gasteiger charge is -2.09. The van der Waals surface area contributed by atoms with Crippen LogP contribution in [0.1, 0.15) is 60.1 Å². The van der Waals surface area contributed by atoms with E-state index in [0.717, 1.165) is 45.6 Å². The first kappa shape index (κ1) is 19.3. The molecule has 31 heavy (non-hydrogen) atoms. The molecule has 0 aliphatic heterocycles. The molecule has 1 fully saturated rings. The van der Waals surface area contributed by atoms with Crippen LogP contribution in [-0.4, -0.2) is 24.7 Å². The third kappa shape index (κ3) is 3.61. The van der Waals surface area contributed by atoms with Crippen molar-refractivity contribution in [3.05, 3.63) is 52.4 Å². The van der Waals surface area contributed by atoms with Gasteiger partial charge in [0, 0.05) is 16.5 Å². The zero-order valence-corrected chi connectivity index (χ0v) is 18.9. The Bertz CT molecular complexity index is 1240. The Morgan fingerprint density at radius 3 is 2.71 bits per heavy atom. The van der Waals surface area contributed by atoms with Crippen molar-refractivity contribution in [1.29, 1.82) is 0 Å². The summed E-state index contributed by atoms with van der Waals surface area (Å²) in [5.41, 5.74) is 8.93. The number of hydrogen-bond donors (Lipinski definition) is 1. The Balaban J connectivity index is 1.31. The van der Waals surface area contributed by atoms with Gasteiger partial charge in [-0.1, -0.05) is 36.4 Å². The summed E-state index contributed by atoms with van der Waals surface area (Å²) < 4.78 is 2.19. The van der Waals surface area contributed by atoms with Gasteiger partial charge in [-0.05, 0) is 56.2 Å². The second-order valence-electron chi connectivity index (χ2n) is 8.34. The number of fused-ring (bicyclic) bond motifs is 3. The number of para-hydroxylation sites is 1. The molecule has 6 nitrogen and oxygen atoms in total. The second kappa shape index (κ2) is 7.91. The minimum Gasteiger partial charge on any atom is -0.383 e. The van der Waals surface area contributed by atoms with E-state index in [2.05, 4.69) is 44.0 Å². The van der Waals surface area contributed by atoms with E-state index in [1.165, 1.54) is 42.5 Å². The summed E-state index contributed by atoms with van der Waals surface area (Å²) in [5.74, 6) is 3.60. The van der Waals surface area contributed by atoms with Crippen molar-refractivity contribution in [2.75, 3.05) is 5.73 Å². The van der Waals surface area contributed by atoms with Crippen molar-refractivity contribution in [1.82, 2.24) is 24.7 Å². The molecule has 3 aromatic heterocycles. The molecule has 4 aromatic rings. The highest BCUT2D eigenvalue weighted by Crippen LogP contribution is 2.41. The number of thiophene rings is 1. The summed E-state index contributed by atoms with van der Waals surface area (Å²) in [5, 5.41) is 11.0. The Hall–Kier alpha value is -2.45. The van der Waals surface area contributed by atoms with Crippen LogP contribution in [0.3, 0.4) is 0 Å². The number of rotatable bonds is 5. The number of aryl methyl sites for hydroxylation is 2. The molecule has 2 N–H and O–H groups in total. The number of nitrogen functional groups attached to an aromatic ring is 1. The summed E-state index contributed by atoms with van der Waals surface area (Å²) in [6.07, 6.45) is 8.40. The number of thioether (sulfide) groups is 1. The second-order valence-corrected chi connectivity index (χ2v) is 10.4. The average Bonchev–Trinajstić information content (AvgIpc) is 3.50. The Morgan fingerprint density at radius 1 is 1.03 bits per heavy atom. The van der Waals surface area contributed by atoms with Gasteiger partial charge in [-0.25, -0.2) is 9.97 Å². The number of hydrogen-bond acceptors (Lipinski definition) is 7. The fraction of sp³-hybridized carbons (Fsp3) is 0.391. The topological polar surface area (TPSA) is 82.5 Å².